The third-order valence-electron chi connectivity index (χ3n) is 6.53. The zero-order valence-electron chi connectivity index (χ0n) is 18.2. The van der Waals surface area contributed by atoms with Crippen molar-refractivity contribution in [2.75, 3.05) is 13.1 Å². The number of nitrogens with one attached hydrogen (secondary N) is 1. The lowest BCUT2D eigenvalue weighted by Crippen LogP contribution is -2.42. The number of sulfonamides is 1. The van der Waals surface area contributed by atoms with Crippen LogP contribution < -0.4 is 5.32 Å². The van der Waals surface area contributed by atoms with Gasteiger partial charge >= 0.3 is 6.18 Å². The average Bonchev–Trinajstić information content (AvgIpc) is 2.82. The van der Waals surface area contributed by atoms with Crippen LogP contribution in [0.4, 0.5) is 13.2 Å². The van der Waals surface area contributed by atoms with Crippen LogP contribution in [0.5, 0.6) is 0 Å². The molecule has 178 valence electrons. The van der Waals surface area contributed by atoms with E-state index >= 15 is 0 Å². The van der Waals surface area contributed by atoms with Gasteiger partial charge in [0.1, 0.15) is 0 Å². The predicted molar refractivity (Wildman–Crippen MR) is 118 cm³/mol. The highest BCUT2D eigenvalue weighted by Crippen LogP contribution is 2.30. The Morgan fingerprint density at radius 2 is 1.61 bits per heavy atom. The van der Waals surface area contributed by atoms with Crippen LogP contribution in [0.25, 0.3) is 0 Å². The molecule has 2 aromatic rings. The van der Waals surface area contributed by atoms with Crippen LogP contribution in [0.15, 0.2) is 47.4 Å². The summed E-state index contributed by atoms with van der Waals surface area (Å²) >= 11 is 0. The molecule has 0 radical (unpaired) electrons. The van der Waals surface area contributed by atoms with Gasteiger partial charge in [-0.2, -0.15) is 17.5 Å². The SMILES string of the molecule is O=C(NCc1ccc(C(F)(F)F)cc1)C1CCN(S(=O)(=O)c2ccc3c(c2)CCCC3)CC1. The number of fused-ring (bicyclic) bond motifs is 1. The quantitative estimate of drug-likeness (QED) is 0.694. The van der Waals surface area contributed by atoms with E-state index in [2.05, 4.69) is 5.32 Å². The number of halogens is 3. The third-order valence-corrected chi connectivity index (χ3v) is 8.43. The van der Waals surface area contributed by atoms with Gasteiger partial charge in [0, 0.05) is 25.6 Å². The van der Waals surface area contributed by atoms with E-state index in [0.717, 1.165) is 43.4 Å². The summed E-state index contributed by atoms with van der Waals surface area (Å²) in [5.74, 6) is -0.532. The normalized spacial score (nSPS) is 18.0. The van der Waals surface area contributed by atoms with Crippen molar-refractivity contribution in [3.63, 3.8) is 0 Å². The standard InChI is InChI=1S/C24H27F3N2O3S/c25-24(26,27)21-8-5-17(6-9-21)16-28-23(30)19-11-13-29(14-12-19)33(31,32)22-10-7-18-3-1-2-4-20(18)15-22/h5-10,15,19H,1-4,11-14,16H2,(H,28,30). The molecule has 0 spiro atoms. The molecule has 4 rings (SSSR count). The van der Waals surface area contributed by atoms with E-state index < -0.39 is 21.8 Å². The minimum Gasteiger partial charge on any atom is -0.352 e. The topological polar surface area (TPSA) is 66.5 Å². The number of benzene rings is 2. The van der Waals surface area contributed by atoms with Crippen LogP contribution in [-0.4, -0.2) is 31.7 Å². The highest BCUT2D eigenvalue weighted by molar-refractivity contribution is 7.89. The number of piperidine rings is 1. The Hall–Kier alpha value is -2.39. The van der Waals surface area contributed by atoms with Gasteiger partial charge < -0.3 is 5.32 Å². The molecule has 1 amide bonds. The fraction of sp³-hybridized carbons (Fsp3) is 0.458. The molecular formula is C24H27F3N2O3S. The van der Waals surface area contributed by atoms with Crippen LogP contribution in [-0.2, 0) is 40.4 Å². The van der Waals surface area contributed by atoms with Crippen molar-refractivity contribution in [2.24, 2.45) is 5.92 Å². The average molecular weight is 481 g/mol. The number of amides is 1. The van der Waals surface area contributed by atoms with E-state index in [1.165, 1.54) is 22.0 Å². The van der Waals surface area contributed by atoms with Crippen LogP contribution in [0.1, 0.15) is 47.9 Å². The van der Waals surface area contributed by atoms with E-state index in [1.54, 1.807) is 12.1 Å². The monoisotopic (exact) mass is 480 g/mol. The first-order valence-electron chi connectivity index (χ1n) is 11.2. The minimum absolute atomic E-state index is 0.130. The molecule has 1 fully saturated rings. The maximum absolute atomic E-state index is 13.1. The zero-order valence-corrected chi connectivity index (χ0v) is 19.0. The second kappa shape index (κ2) is 9.46. The molecule has 33 heavy (non-hydrogen) atoms. The van der Waals surface area contributed by atoms with Gasteiger partial charge in [-0.3, -0.25) is 4.79 Å². The fourth-order valence-corrected chi connectivity index (χ4v) is 6.04. The molecule has 2 aromatic carbocycles. The van der Waals surface area contributed by atoms with E-state index in [1.807, 2.05) is 6.07 Å². The summed E-state index contributed by atoms with van der Waals surface area (Å²) in [4.78, 5) is 12.8. The molecule has 1 aliphatic heterocycles. The molecule has 9 heteroatoms. The van der Waals surface area contributed by atoms with Crippen LogP contribution in [0, 0.1) is 5.92 Å². The summed E-state index contributed by atoms with van der Waals surface area (Å²) < 4.78 is 65.6. The van der Waals surface area contributed by atoms with Gasteiger partial charge in [-0.05, 0) is 79.5 Å². The first-order valence-corrected chi connectivity index (χ1v) is 12.6. The summed E-state index contributed by atoms with van der Waals surface area (Å²) in [6.45, 7) is 0.653. The molecule has 1 aliphatic carbocycles. The first kappa shape index (κ1) is 23.8. The van der Waals surface area contributed by atoms with E-state index in [0.29, 0.717) is 23.3 Å². The van der Waals surface area contributed by atoms with Gasteiger partial charge in [-0.15, -0.1) is 0 Å². The molecule has 1 N–H and O–H groups in total. The van der Waals surface area contributed by atoms with E-state index in [9.17, 15) is 26.4 Å². The van der Waals surface area contributed by atoms with Crippen molar-refractivity contribution < 1.29 is 26.4 Å². The number of alkyl halides is 3. The van der Waals surface area contributed by atoms with Crippen LogP contribution in [0.3, 0.4) is 0 Å². The number of hydrogen-bond acceptors (Lipinski definition) is 3. The molecule has 0 bridgehead atoms. The molecule has 5 nitrogen and oxygen atoms in total. The number of hydrogen-bond donors (Lipinski definition) is 1. The molecule has 1 heterocycles. The van der Waals surface area contributed by atoms with Crippen LogP contribution in [0.2, 0.25) is 0 Å². The Kier molecular flexibility index (Phi) is 6.81. The minimum atomic E-state index is -4.39. The lowest BCUT2D eigenvalue weighted by atomic mass is 9.92. The molecule has 1 saturated heterocycles. The Morgan fingerprint density at radius 1 is 0.970 bits per heavy atom. The predicted octanol–water partition coefficient (Wildman–Crippen LogP) is 4.30. The lowest BCUT2D eigenvalue weighted by molar-refractivity contribution is -0.137. The van der Waals surface area contributed by atoms with Crippen molar-refractivity contribution in [1.29, 1.82) is 0 Å². The van der Waals surface area contributed by atoms with Crippen molar-refractivity contribution in [3.8, 4) is 0 Å². The van der Waals surface area contributed by atoms with Crippen molar-refractivity contribution in [2.45, 2.75) is 56.1 Å². The van der Waals surface area contributed by atoms with Crippen molar-refractivity contribution in [3.05, 3.63) is 64.7 Å². The smallest absolute Gasteiger partial charge is 0.352 e. The van der Waals surface area contributed by atoms with Gasteiger partial charge in [-0.25, -0.2) is 8.42 Å². The lowest BCUT2D eigenvalue weighted by Gasteiger charge is -2.31. The second-order valence-corrected chi connectivity index (χ2v) is 10.7. The zero-order chi connectivity index (χ0) is 23.6. The Labute approximate surface area is 192 Å². The van der Waals surface area contributed by atoms with Gasteiger partial charge in [0.05, 0.1) is 10.5 Å². The summed E-state index contributed by atoms with van der Waals surface area (Å²) in [5, 5.41) is 2.76. The first-order chi connectivity index (χ1) is 15.6. The summed E-state index contributed by atoms with van der Waals surface area (Å²) in [5.41, 5.74) is 2.18. The highest BCUT2D eigenvalue weighted by Gasteiger charge is 2.33. The summed E-state index contributed by atoms with van der Waals surface area (Å²) in [6.07, 6.45) is 0.515. The van der Waals surface area contributed by atoms with Crippen LogP contribution >= 0.6 is 0 Å². The Morgan fingerprint density at radius 3 is 2.24 bits per heavy atom. The largest absolute Gasteiger partial charge is 0.416 e. The van der Waals surface area contributed by atoms with E-state index in [4.69, 9.17) is 0 Å². The van der Waals surface area contributed by atoms with Gasteiger partial charge in [0.25, 0.3) is 0 Å². The maximum Gasteiger partial charge on any atom is 0.416 e. The maximum atomic E-state index is 13.1. The van der Waals surface area contributed by atoms with Crippen molar-refractivity contribution >= 4 is 15.9 Å². The Bertz CT molecular complexity index is 1110. The second-order valence-electron chi connectivity index (χ2n) is 8.73. The molecule has 0 aromatic heterocycles. The number of aryl methyl sites for hydroxylation is 2. The van der Waals surface area contributed by atoms with Gasteiger partial charge in [0.15, 0.2) is 0 Å². The number of rotatable bonds is 5. The Balaban J connectivity index is 1.31. The summed E-state index contributed by atoms with van der Waals surface area (Å²) in [7, 11) is -3.61. The third kappa shape index (κ3) is 5.41. The number of nitrogens with zero attached hydrogens (tertiary/aromatic N) is 1. The molecule has 0 saturated carbocycles. The summed E-state index contributed by atoms with van der Waals surface area (Å²) in [6, 6.07) is 10.1. The molecule has 2 aliphatic rings. The van der Waals surface area contributed by atoms with E-state index in [-0.39, 0.29) is 31.5 Å². The van der Waals surface area contributed by atoms with Crippen molar-refractivity contribution in [1.82, 2.24) is 9.62 Å². The molecular weight excluding hydrogens is 453 g/mol. The number of carbonyl (C=O) groups is 1. The molecule has 0 unspecified atom stereocenters. The number of carbonyl (C=O) groups excluding carboxylic acids is 1. The van der Waals surface area contributed by atoms with Gasteiger partial charge in [-0.1, -0.05) is 18.2 Å². The molecule has 0 atom stereocenters. The fourth-order valence-electron chi connectivity index (χ4n) is 4.52. The highest BCUT2D eigenvalue weighted by atomic mass is 32.2. The van der Waals surface area contributed by atoms with Gasteiger partial charge in [0.2, 0.25) is 15.9 Å².